The Kier molecular flexibility index (Phi) is 3.37. The van der Waals surface area contributed by atoms with Gasteiger partial charge in [-0.25, -0.2) is 4.39 Å². The van der Waals surface area contributed by atoms with Crippen molar-refractivity contribution in [3.8, 4) is 5.75 Å². The molecule has 0 heterocycles. The largest absolute Gasteiger partial charge is 0.496 e. The van der Waals surface area contributed by atoms with E-state index < -0.39 is 5.41 Å². The SMILES string of the molecule is COc1ccccc1C1(C(=O)Nc2ccc(F)cc2)CC1. The van der Waals surface area contributed by atoms with E-state index in [4.69, 9.17) is 4.74 Å². The molecule has 3 rings (SSSR count). The van der Waals surface area contributed by atoms with Crippen molar-refractivity contribution in [3.63, 3.8) is 0 Å². The lowest BCUT2D eigenvalue weighted by Crippen LogP contribution is -2.28. The van der Waals surface area contributed by atoms with Crippen LogP contribution in [-0.2, 0) is 10.2 Å². The molecule has 0 spiro atoms. The molecule has 2 aromatic carbocycles. The van der Waals surface area contributed by atoms with Crippen LogP contribution in [0.4, 0.5) is 10.1 Å². The van der Waals surface area contributed by atoms with E-state index in [2.05, 4.69) is 5.32 Å². The molecule has 4 heteroatoms. The number of hydrogen-bond acceptors (Lipinski definition) is 2. The first-order valence-electron chi connectivity index (χ1n) is 6.86. The lowest BCUT2D eigenvalue weighted by molar-refractivity contribution is -0.118. The molecule has 0 saturated heterocycles. The number of halogens is 1. The van der Waals surface area contributed by atoms with Gasteiger partial charge in [-0.05, 0) is 43.2 Å². The van der Waals surface area contributed by atoms with E-state index in [-0.39, 0.29) is 11.7 Å². The van der Waals surface area contributed by atoms with E-state index in [9.17, 15) is 9.18 Å². The molecule has 1 aliphatic rings. The first-order chi connectivity index (χ1) is 10.2. The third-order valence-corrected chi connectivity index (χ3v) is 3.91. The standard InChI is InChI=1S/C17H16FNO2/c1-21-15-5-3-2-4-14(15)17(10-11-17)16(20)19-13-8-6-12(18)7-9-13/h2-9H,10-11H2,1H3,(H,19,20). The van der Waals surface area contributed by atoms with Crippen molar-refractivity contribution < 1.29 is 13.9 Å². The molecule has 3 nitrogen and oxygen atoms in total. The molecule has 0 radical (unpaired) electrons. The number of ether oxygens (including phenoxy) is 1. The molecule has 108 valence electrons. The maximum absolute atomic E-state index is 12.9. The molecule has 0 unspecified atom stereocenters. The molecule has 0 aliphatic heterocycles. The van der Waals surface area contributed by atoms with E-state index in [1.54, 1.807) is 19.2 Å². The van der Waals surface area contributed by atoms with Crippen molar-refractivity contribution in [2.75, 3.05) is 12.4 Å². The summed E-state index contributed by atoms with van der Waals surface area (Å²) in [5, 5.41) is 2.86. The summed E-state index contributed by atoms with van der Waals surface area (Å²) in [6, 6.07) is 13.4. The van der Waals surface area contributed by atoms with Crippen LogP contribution in [0.1, 0.15) is 18.4 Å². The number of para-hydroxylation sites is 1. The van der Waals surface area contributed by atoms with Crippen LogP contribution in [0.25, 0.3) is 0 Å². The van der Waals surface area contributed by atoms with Gasteiger partial charge in [-0.1, -0.05) is 18.2 Å². The Morgan fingerprint density at radius 2 is 1.81 bits per heavy atom. The lowest BCUT2D eigenvalue weighted by atomic mass is 9.94. The predicted molar refractivity (Wildman–Crippen MR) is 78.9 cm³/mol. The van der Waals surface area contributed by atoms with Crippen LogP contribution in [0.3, 0.4) is 0 Å². The molecule has 1 amide bonds. The maximum Gasteiger partial charge on any atom is 0.235 e. The van der Waals surface area contributed by atoms with Crippen molar-refractivity contribution in [2.45, 2.75) is 18.3 Å². The Morgan fingerprint density at radius 1 is 1.14 bits per heavy atom. The fourth-order valence-corrected chi connectivity index (χ4v) is 2.57. The third kappa shape index (κ3) is 2.49. The summed E-state index contributed by atoms with van der Waals surface area (Å²) in [5.41, 5.74) is 0.982. The lowest BCUT2D eigenvalue weighted by Gasteiger charge is -2.18. The monoisotopic (exact) mass is 285 g/mol. The number of carbonyl (C=O) groups is 1. The molecule has 0 atom stereocenters. The van der Waals surface area contributed by atoms with Crippen molar-refractivity contribution in [1.29, 1.82) is 0 Å². The van der Waals surface area contributed by atoms with E-state index in [1.807, 2.05) is 24.3 Å². The van der Waals surface area contributed by atoms with Gasteiger partial charge in [0.05, 0.1) is 12.5 Å². The molecular formula is C17H16FNO2. The van der Waals surface area contributed by atoms with Crippen LogP contribution in [-0.4, -0.2) is 13.0 Å². The van der Waals surface area contributed by atoms with Crippen LogP contribution in [0.2, 0.25) is 0 Å². The Hall–Kier alpha value is -2.36. The van der Waals surface area contributed by atoms with Crippen molar-refractivity contribution in [1.82, 2.24) is 0 Å². The van der Waals surface area contributed by atoms with Gasteiger partial charge in [0.2, 0.25) is 5.91 Å². The number of hydrogen-bond donors (Lipinski definition) is 1. The van der Waals surface area contributed by atoms with Gasteiger partial charge in [-0.15, -0.1) is 0 Å². The molecule has 1 aliphatic carbocycles. The third-order valence-electron chi connectivity index (χ3n) is 3.91. The normalized spacial score (nSPS) is 15.3. The molecule has 1 saturated carbocycles. The summed E-state index contributed by atoms with van der Waals surface area (Å²) in [5.74, 6) is 0.335. The molecule has 1 N–H and O–H groups in total. The van der Waals surface area contributed by atoms with Crippen LogP contribution in [0, 0.1) is 5.82 Å². The first-order valence-corrected chi connectivity index (χ1v) is 6.86. The van der Waals surface area contributed by atoms with E-state index in [0.717, 1.165) is 24.2 Å². The number of rotatable bonds is 4. The topological polar surface area (TPSA) is 38.3 Å². The molecule has 21 heavy (non-hydrogen) atoms. The highest BCUT2D eigenvalue weighted by Gasteiger charge is 2.52. The van der Waals surface area contributed by atoms with E-state index >= 15 is 0 Å². The molecule has 0 bridgehead atoms. The zero-order valence-corrected chi connectivity index (χ0v) is 11.7. The Morgan fingerprint density at radius 3 is 2.43 bits per heavy atom. The Bertz CT molecular complexity index is 663. The second-order valence-electron chi connectivity index (χ2n) is 5.24. The van der Waals surface area contributed by atoms with Crippen LogP contribution in [0.15, 0.2) is 48.5 Å². The smallest absolute Gasteiger partial charge is 0.235 e. The predicted octanol–water partition coefficient (Wildman–Crippen LogP) is 3.50. The molecule has 1 fully saturated rings. The van der Waals surface area contributed by atoms with Gasteiger partial charge >= 0.3 is 0 Å². The van der Waals surface area contributed by atoms with Crippen molar-refractivity contribution in [2.24, 2.45) is 0 Å². The fraction of sp³-hybridized carbons (Fsp3) is 0.235. The minimum absolute atomic E-state index is 0.0707. The molecule has 0 aromatic heterocycles. The van der Waals surface area contributed by atoms with Crippen molar-refractivity contribution in [3.05, 3.63) is 59.9 Å². The summed E-state index contributed by atoms with van der Waals surface area (Å²) in [7, 11) is 1.60. The highest BCUT2D eigenvalue weighted by Crippen LogP contribution is 2.51. The summed E-state index contributed by atoms with van der Waals surface area (Å²) in [6.07, 6.45) is 1.58. The van der Waals surface area contributed by atoms with Gasteiger partial charge < -0.3 is 10.1 Å². The van der Waals surface area contributed by atoms with Gasteiger partial charge in [0.1, 0.15) is 11.6 Å². The van der Waals surface area contributed by atoms with E-state index in [1.165, 1.54) is 12.1 Å². The Labute approximate surface area is 122 Å². The van der Waals surface area contributed by atoms with Crippen LogP contribution >= 0.6 is 0 Å². The summed E-state index contributed by atoms with van der Waals surface area (Å²) in [6.45, 7) is 0. The molecule has 2 aromatic rings. The number of nitrogens with one attached hydrogen (secondary N) is 1. The minimum atomic E-state index is -0.527. The average molecular weight is 285 g/mol. The number of anilines is 1. The summed E-state index contributed by atoms with van der Waals surface area (Å²) in [4.78, 5) is 12.6. The zero-order valence-electron chi connectivity index (χ0n) is 11.7. The van der Waals surface area contributed by atoms with Crippen molar-refractivity contribution >= 4 is 11.6 Å². The summed E-state index contributed by atoms with van der Waals surface area (Å²) < 4.78 is 18.3. The quantitative estimate of drug-likeness (QED) is 0.933. The summed E-state index contributed by atoms with van der Waals surface area (Å²) >= 11 is 0. The number of carbonyl (C=O) groups excluding carboxylic acids is 1. The fourth-order valence-electron chi connectivity index (χ4n) is 2.57. The van der Waals surface area contributed by atoms with Gasteiger partial charge in [0, 0.05) is 11.3 Å². The Balaban J connectivity index is 1.85. The second-order valence-corrected chi connectivity index (χ2v) is 5.24. The highest BCUT2D eigenvalue weighted by atomic mass is 19.1. The first kappa shape index (κ1) is 13.6. The second kappa shape index (κ2) is 5.20. The number of methoxy groups -OCH3 is 1. The van der Waals surface area contributed by atoms with Gasteiger partial charge in [-0.3, -0.25) is 4.79 Å². The van der Waals surface area contributed by atoms with Crippen LogP contribution in [0.5, 0.6) is 5.75 Å². The zero-order chi connectivity index (χ0) is 14.9. The van der Waals surface area contributed by atoms with Gasteiger partial charge in [-0.2, -0.15) is 0 Å². The number of benzene rings is 2. The van der Waals surface area contributed by atoms with E-state index in [0.29, 0.717) is 5.69 Å². The van der Waals surface area contributed by atoms with Crippen LogP contribution < -0.4 is 10.1 Å². The van der Waals surface area contributed by atoms with Gasteiger partial charge in [0.15, 0.2) is 0 Å². The van der Waals surface area contributed by atoms with Gasteiger partial charge in [0.25, 0.3) is 0 Å². The average Bonchev–Trinajstić information content (AvgIpc) is 3.31. The molecular weight excluding hydrogens is 269 g/mol. The maximum atomic E-state index is 12.9. The minimum Gasteiger partial charge on any atom is -0.496 e. The highest BCUT2D eigenvalue weighted by molar-refractivity contribution is 6.01. The number of amides is 1.